The molecule has 1 fully saturated rings. The average Bonchev–Trinajstić information content (AvgIpc) is 3.29. The molecule has 1 amide bonds. The monoisotopic (exact) mass is 392 g/mol. The molecule has 1 atom stereocenters. The molecule has 2 heterocycles. The zero-order valence-corrected chi connectivity index (χ0v) is 15.0. The van der Waals surface area contributed by atoms with Crippen LogP contribution >= 0.6 is 15.9 Å². The minimum atomic E-state index is -0.131. The molecular formula is C18H21BrN2O3. The lowest BCUT2D eigenvalue weighted by Crippen LogP contribution is -2.38. The van der Waals surface area contributed by atoms with Crippen LogP contribution in [0.1, 0.15) is 24.6 Å². The van der Waals surface area contributed by atoms with Gasteiger partial charge in [-0.15, -0.1) is 0 Å². The van der Waals surface area contributed by atoms with Gasteiger partial charge in [0.05, 0.1) is 12.3 Å². The first-order valence-electron chi connectivity index (χ1n) is 8.15. The lowest BCUT2D eigenvalue weighted by atomic mass is 10.2. The van der Waals surface area contributed by atoms with Crippen molar-refractivity contribution in [2.24, 2.45) is 0 Å². The van der Waals surface area contributed by atoms with E-state index in [1.165, 1.54) is 12.8 Å². The molecule has 1 aromatic heterocycles. The van der Waals surface area contributed by atoms with Gasteiger partial charge in [-0.3, -0.25) is 9.69 Å². The van der Waals surface area contributed by atoms with Crippen LogP contribution in [0.4, 0.5) is 0 Å². The maximum atomic E-state index is 12.1. The molecule has 2 aromatic rings. The van der Waals surface area contributed by atoms with Crippen LogP contribution in [-0.4, -0.2) is 37.0 Å². The Morgan fingerprint density at radius 1 is 1.25 bits per heavy atom. The van der Waals surface area contributed by atoms with Crippen molar-refractivity contribution in [3.05, 3.63) is 52.9 Å². The molecule has 0 spiro atoms. The highest BCUT2D eigenvalue weighted by molar-refractivity contribution is 9.10. The van der Waals surface area contributed by atoms with E-state index >= 15 is 0 Å². The van der Waals surface area contributed by atoms with Crippen molar-refractivity contribution >= 4 is 21.8 Å². The largest absolute Gasteiger partial charge is 0.484 e. The number of rotatable bonds is 7. The Labute approximate surface area is 150 Å². The molecule has 0 unspecified atom stereocenters. The molecule has 128 valence electrons. The Balaban J connectivity index is 1.50. The van der Waals surface area contributed by atoms with Gasteiger partial charge < -0.3 is 14.5 Å². The van der Waals surface area contributed by atoms with Crippen LogP contribution in [0.25, 0.3) is 0 Å². The fourth-order valence-corrected chi connectivity index (χ4v) is 3.15. The smallest absolute Gasteiger partial charge is 0.258 e. The lowest BCUT2D eigenvalue weighted by molar-refractivity contribution is -0.123. The second kappa shape index (κ2) is 8.35. The highest BCUT2D eigenvalue weighted by atomic mass is 79.9. The van der Waals surface area contributed by atoms with Crippen LogP contribution in [0.15, 0.2) is 51.6 Å². The molecular weight excluding hydrogens is 372 g/mol. The van der Waals surface area contributed by atoms with Crippen LogP contribution < -0.4 is 10.1 Å². The Hall–Kier alpha value is -1.79. The van der Waals surface area contributed by atoms with Gasteiger partial charge in [0.2, 0.25) is 0 Å². The number of benzene rings is 1. The van der Waals surface area contributed by atoms with E-state index in [1.54, 1.807) is 6.26 Å². The molecule has 0 radical (unpaired) electrons. The first-order valence-corrected chi connectivity index (χ1v) is 8.94. The summed E-state index contributed by atoms with van der Waals surface area (Å²) in [5.74, 6) is 1.44. The summed E-state index contributed by atoms with van der Waals surface area (Å²) in [7, 11) is 0. The topological polar surface area (TPSA) is 54.7 Å². The van der Waals surface area contributed by atoms with Gasteiger partial charge in [0.15, 0.2) is 6.61 Å². The molecule has 0 aliphatic carbocycles. The van der Waals surface area contributed by atoms with E-state index in [-0.39, 0.29) is 18.6 Å². The number of furan rings is 1. The predicted octanol–water partition coefficient (Wildman–Crippen LogP) is 3.37. The molecule has 0 bridgehead atoms. The number of hydrogen-bond acceptors (Lipinski definition) is 4. The molecule has 1 N–H and O–H groups in total. The van der Waals surface area contributed by atoms with E-state index in [2.05, 4.69) is 26.1 Å². The van der Waals surface area contributed by atoms with E-state index in [4.69, 9.17) is 9.15 Å². The van der Waals surface area contributed by atoms with Crippen LogP contribution in [0, 0.1) is 0 Å². The van der Waals surface area contributed by atoms with Gasteiger partial charge in [-0.25, -0.2) is 0 Å². The molecule has 3 rings (SSSR count). The Bertz CT molecular complexity index is 637. The lowest BCUT2D eigenvalue weighted by Gasteiger charge is -2.26. The SMILES string of the molecule is O=C(COc1ccc(Br)cc1)NC[C@@H](c1ccco1)N1CCCC1. The van der Waals surface area contributed by atoms with E-state index in [0.29, 0.717) is 12.3 Å². The first-order chi connectivity index (χ1) is 11.7. The normalized spacial score (nSPS) is 16.0. The van der Waals surface area contributed by atoms with Crippen LogP contribution in [0.3, 0.4) is 0 Å². The van der Waals surface area contributed by atoms with Crippen molar-refractivity contribution < 1.29 is 13.9 Å². The molecule has 6 heteroatoms. The average molecular weight is 393 g/mol. The molecule has 1 aromatic carbocycles. The highest BCUT2D eigenvalue weighted by Crippen LogP contribution is 2.24. The van der Waals surface area contributed by atoms with Gasteiger partial charge >= 0.3 is 0 Å². The third-order valence-electron chi connectivity index (χ3n) is 4.13. The number of nitrogens with one attached hydrogen (secondary N) is 1. The second-order valence-electron chi connectivity index (χ2n) is 5.82. The zero-order chi connectivity index (χ0) is 16.8. The fourth-order valence-electron chi connectivity index (χ4n) is 2.89. The summed E-state index contributed by atoms with van der Waals surface area (Å²) in [4.78, 5) is 14.4. The van der Waals surface area contributed by atoms with E-state index in [9.17, 15) is 4.79 Å². The van der Waals surface area contributed by atoms with E-state index < -0.39 is 0 Å². The zero-order valence-electron chi connectivity index (χ0n) is 13.4. The summed E-state index contributed by atoms with van der Waals surface area (Å²) in [6.07, 6.45) is 4.06. The summed E-state index contributed by atoms with van der Waals surface area (Å²) < 4.78 is 12.0. The van der Waals surface area contributed by atoms with E-state index in [0.717, 1.165) is 23.3 Å². The number of likely N-dealkylation sites (tertiary alicyclic amines) is 1. The van der Waals surface area contributed by atoms with Crippen LogP contribution in [-0.2, 0) is 4.79 Å². The first kappa shape index (κ1) is 17.0. The minimum Gasteiger partial charge on any atom is -0.484 e. The van der Waals surface area contributed by atoms with Gasteiger partial charge in [0.25, 0.3) is 5.91 Å². The molecule has 24 heavy (non-hydrogen) atoms. The van der Waals surface area contributed by atoms with Crippen molar-refractivity contribution in [3.63, 3.8) is 0 Å². The summed E-state index contributed by atoms with van der Waals surface area (Å²) in [5.41, 5.74) is 0. The van der Waals surface area contributed by atoms with Crippen LogP contribution in [0.2, 0.25) is 0 Å². The number of nitrogens with zero attached hydrogens (tertiary/aromatic N) is 1. The maximum Gasteiger partial charge on any atom is 0.258 e. The van der Waals surface area contributed by atoms with Crippen LogP contribution in [0.5, 0.6) is 5.75 Å². The minimum absolute atomic E-state index is 0.00646. The van der Waals surface area contributed by atoms with Gasteiger partial charge in [-0.1, -0.05) is 15.9 Å². The third-order valence-corrected chi connectivity index (χ3v) is 4.66. The molecule has 5 nitrogen and oxygen atoms in total. The number of hydrogen-bond donors (Lipinski definition) is 1. The molecule has 1 saturated heterocycles. The van der Waals surface area contributed by atoms with E-state index in [1.807, 2.05) is 36.4 Å². The van der Waals surface area contributed by atoms with Crippen molar-refractivity contribution in [2.75, 3.05) is 26.2 Å². The van der Waals surface area contributed by atoms with Crippen molar-refractivity contribution in [1.82, 2.24) is 10.2 Å². The predicted molar refractivity (Wildman–Crippen MR) is 94.9 cm³/mol. The molecule has 0 saturated carbocycles. The summed E-state index contributed by atoms with van der Waals surface area (Å²) >= 11 is 3.37. The number of ether oxygens (including phenoxy) is 1. The molecule has 1 aliphatic heterocycles. The fraction of sp³-hybridized carbons (Fsp3) is 0.389. The standard InChI is InChI=1S/C18H21BrN2O3/c19-14-5-7-15(8-6-14)24-13-18(22)20-12-16(17-4-3-11-23-17)21-9-1-2-10-21/h3-8,11,16H,1-2,9-10,12-13H2,(H,20,22)/t16-/m0/s1. The number of carbonyl (C=O) groups excluding carboxylic acids is 1. The Morgan fingerprint density at radius 2 is 2.00 bits per heavy atom. The van der Waals surface area contributed by atoms with Crippen molar-refractivity contribution in [1.29, 1.82) is 0 Å². The van der Waals surface area contributed by atoms with Gasteiger partial charge in [-0.05, 0) is 62.3 Å². The molecule has 1 aliphatic rings. The number of halogens is 1. The van der Waals surface area contributed by atoms with Crippen molar-refractivity contribution in [2.45, 2.75) is 18.9 Å². The van der Waals surface area contributed by atoms with Crippen molar-refractivity contribution in [3.8, 4) is 5.75 Å². The maximum absolute atomic E-state index is 12.1. The highest BCUT2D eigenvalue weighted by Gasteiger charge is 2.25. The summed E-state index contributed by atoms with van der Waals surface area (Å²) in [6, 6.07) is 11.4. The van der Waals surface area contributed by atoms with Gasteiger partial charge in [-0.2, -0.15) is 0 Å². The Morgan fingerprint density at radius 3 is 2.67 bits per heavy atom. The number of carbonyl (C=O) groups is 1. The van der Waals surface area contributed by atoms with Gasteiger partial charge in [0.1, 0.15) is 11.5 Å². The summed E-state index contributed by atoms with van der Waals surface area (Å²) in [6.45, 7) is 2.61. The Kier molecular flexibility index (Phi) is 5.93. The van der Waals surface area contributed by atoms with Gasteiger partial charge in [0, 0.05) is 11.0 Å². The second-order valence-corrected chi connectivity index (χ2v) is 6.74. The quantitative estimate of drug-likeness (QED) is 0.784. The number of amides is 1. The third kappa shape index (κ3) is 4.61. The summed E-state index contributed by atoms with van der Waals surface area (Å²) in [5, 5.41) is 2.95.